The summed E-state index contributed by atoms with van der Waals surface area (Å²) in [7, 11) is 0. The van der Waals surface area contributed by atoms with Gasteiger partial charge in [-0.3, -0.25) is 4.79 Å². The van der Waals surface area contributed by atoms with Crippen LogP contribution in [0, 0.1) is 0 Å². The van der Waals surface area contributed by atoms with E-state index >= 15 is 0 Å². The molecule has 3 N–H and O–H groups in total. The number of hydrogen-bond donors (Lipinski definition) is 2. The van der Waals surface area contributed by atoms with Crippen LogP contribution in [0.2, 0.25) is 0 Å². The summed E-state index contributed by atoms with van der Waals surface area (Å²) in [6.45, 7) is 1.29. The third-order valence-corrected chi connectivity index (χ3v) is 3.02. The number of nitrogens with two attached hydrogens (primary N) is 1. The van der Waals surface area contributed by atoms with Crippen LogP contribution in [-0.2, 0) is 4.74 Å². The lowest BCUT2D eigenvalue weighted by molar-refractivity contribution is 0.0931. The first-order chi connectivity index (χ1) is 7.66. The Balaban J connectivity index is 2.08. The maximum Gasteiger partial charge on any atom is 0.253 e. The van der Waals surface area contributed by atoms with Crippen LogP contribution in [-0.4, -0.2) is 25.2 Å². The van der Waals surface area contributed by atoms with Crippen molar-refractivity contribution in [2.24, 2.45) is 0 Å². The van der Waals surface area contributed by atoms with Crippen molar-refractivity contribution in [3.63, 3.8) is 0 Å². The van der Waals surface area contributed by atoms with Gasteiger partial charge in [0.05, 0.1) is 18.2 Å². The number of rotatable bonds is 2. The first kappa shape index (κ1) is 11.4. The molecule has 2 rings (SSSR count). The number of amides is 1. The minimum atomic E-state index is -0.138. The molecule has 86 valence electrons. The van der Waals surface area contributed by atoms with Crippen molar-refractivity contribution < 1.29 is 9.53 Å². The zero-order valence-electron chi connectivity index (χ0n) is 8.70. The topological polar surface area (TPSA) is 64.4 Å². The number of carbonyl (C=O) groups is 1. The van der Waals surface area contributed by atoms with Gasteiger partial charge in [0.2, 0.25) is 0 Å². The molecule has 1 aromatic rings. The van der Waals surface area contributed by atoms with Gasteiger partial charge in [-0.1, -0.05) is 15.9 Å². The van der Waals surface area contributed by atoms with Crippen molar-refractivity contribution in [1.29, 1.82) is 0 Å². The molecular formula is C11H13BrN2O2. The number of nitrogens with one attached hydrogen (secondary N) is 1. The summed E-state index contributed by atoms with van der Waals surface area (Å²) in [6, 6.07) is 5.34. The lowest BCUT2D eigenvalue weighted by atomic mass is 10.1. The molecule has 16 heavy (non-hydrogen) atoms. The average Bonchev–Trinajstić information content (AvgIpc) is 2.70. The molecule has 0 spiro atoms. The second-order valence-corrected chi connectivity index (χ2v) is 4.68. The summed E-state index contributed by atoms with van der Waals surface area (Å²) in [5, 5.41) is 2.90. The maximum absolute atomic E-state index is 11.9. The highest BCUT2D eigenvalue weighted by atomic mass is 79.9. The molecule has 1 heterocycles. The Labute approximate surface area is 102 Å². The lowest BCUT2D eigenvalue weighted by Gasteiger charge is -2.12. The van der Waals surface area contributed by atoms with Gasteiger partial charge in [-0.05, 0) is 24.6 Å². The van der Waals surface area contributed by atoms with Crippen molar-refractivity contribution in [2.45, 2.75) is 12.5 Å². The lowest BCUT2D eigenvalue weighted by Crippen LogP contribution is -2.35. The van der Waals surface area contributed by atoms with Crippen LogP contribution in [0.1, 0.15) is 16.8 Å². The Kier molecular flexibility index (Phi) is 3.46. The Bertz CT molecular complexity index is 403. The fraction of sp³-hybridized carbons (Fsp3) is 0.364. The molecule has 1 fully saturated rings. The molecule has 1 unspecified atom stereocenters. The van der Waals surface area contributed by atoms with Crippen molar-refractivity contribution >= 4 is 27.5 Å². The highest BCUT2D eigenvalue weighted by Gasteiger charge is 2.19. The molecule has 1 saturated heterocycles. The molecule has 0 saturated carbocycles. The van der Waals surface area contributed by atoms with Crippen LogP contribution in [0.15, 0.2) is 22.7 Å². The number of hydrogen-bond acceptors (Lipinski definition) is 3. The second kappa shape index (κ2) is 4.84. The maximum atomic E-state index is 11.9. The largest absolute Gasteiger partial charge is 0.398 e. The molecule has 1 atom stereocenters. The summed E-state index contributed by atoms with van der Waals surface area (Å²) in [6.07, 6.45) is 0.863. The normalized spacial score (nSPS) is 19.7. The Morgan fingerprint density at radius 2 is 2.38 bits per heavy atom. The predicted octanol–water partition coefficient (Wildman–Crippen LogP) is 1.55. The molecule has 0 aliphatic carbocycles. The number of carbonyl (C=O) groups excluding carboxylic acids is 1. The van der Waals surface area contributed by atoms with E-state index < -0.39 is 0 Å². The SMILES string of the molecule is Nc1cc(Br)ccc1C(=O)NC1CCOC1. The molecule has 0 radical (unpaired) electrons. The van der Waals surface area contributed by atoms with E-state index in [0.717, 1.165) is 10.9 Å². The fourth-order valence-electron chi connectivity index (χ4n) is 1.65. The van der Waals surface area contributed by atoms with E-state index in [-0.39, 0.29) is 11.9 Å². The molecule has 1 aliphatic heterocycles. The monoisotopic (exact) mass is 284 g/mol. The molecule has 1 aromatic carbocycles. The van der Waals surface area contributed by atoms with E-state index in [1.54, 1.807) is 18.2 Å². The molecular weight excluding hydrogens is 272 g/mol. The van der Waals surface area contributed by atoms with Gasteiger partial charge in [0, 0.05) is 16.8 Å². The minimum absolute atomic E-state index is 0.107. The molecule has 1 aliphatic rings. The summed E-state index contributed by atoms with van der Waals surface area (Å²) in [5.74, 6) is -0.138. The predicted molar refractivity (Wildman–Crippen MR) is 65.2 cm³/mol. The highest BCUT2D eigenvalue weighted by Crippen LogP contribution is 2.18. The van der Waals surface area contributed by atoms with E-state index in [0.29, 0.717) is 24.5 Å². The number of halogens is 1. The van der Waals surface area contributed by atoms with Gasteiger partial charge in [-0.2, -0.15) is 0 Å². The smallest absolute Gasteiger partial charge is 0.253 e. The van der Waals surface area contributed by atoms with Crippen LogP contribution < -0.4 is 11.1 Å². The van der Waals surface area contributed by atoms with Gasteiger partial charge in [0.25, 0.3) is 5.91 Å². The van der Waals surface area contributed by atoms with Crippen molar-refractivity contribution in [1.82, 2.24) is 5.32 Å². The standard InChI is InChI=1S/C11H13BrN2O2/c12-7-1-2-9(10(13)5-7)11(15)14-8-3-4-16-6-8/h1-2,5,8H,3-4,6,13H2,(H,14,15). The highest BCUT2D eigenvalue weighted by molar-refractivity contribution is 9.10. The third-order valence-electron chi connectivity index (χ3n) is 2.52. The molecule has 5 heteroatoms. The quantitative estimate of drug-likeness (QED) is 0.810. The minimum Gasteiger partial charge on any atom is -0.398 e. The molecule has 0 aromatic heterocycles. The summed E-state index contributed by atoms with van der Waals surface area (Å²) in [4.78, 5) is 11.9. The molecule has 0 bridgehead atoms. The van der Waals surface area contributed by atoms with Crippen LogP contribution >= 0.6 is 15.9 Å². The summed E-state index contributed by atoms with van der Waals surface area (Å²) in [5.41, 5.74) is 6.76. The van der Waals surface area contributed by atoms with Gasteiger partial charge < -0.3 is 15.8 Å². The molecule has 1 amide bonds. The zero-order chi connectivity index (χ0) is 11.5. The van der Waals surface area contributed by atoms with Crippen molar-refractivity contribution in [2.75, 3.05) is 18.9 Å². The first-order valence-electron chi connectivity index (χ1n) is 5.10. The van der Waals surface area contributed by atoms with Gasteiger partial charge >= 0.3 is 0 Å². The third kappa shape index (κ3) is 2.54. The zero-order valence-corrected chi connectivity index (χ0v) is 10.3. The van der Waals surface area contributed by atoms with Crippen LogP contribution in [0.3, 0.4) is 0 Å². The van der Waals surface area contributed by atoms with E-state index in [2.05, 4.69) is 21.2 Å². The summed E-state index contributed by atoms with van der Waals surface area (Å²) >= 11 is 3.30. The Hall–Kier alpha value is -1.07. The van der Waals surface area contributed by atoms with Gasteiger partial charge in [0.15, 0.2) is 0 Å². The van der Waals surface area contributed by atoms with E-state index in [4.69, 9.17) is 10.5 Å². The van der Waals surface area contributed by atoms with Gasteiger partial charge in [-0.25, -0.2) is 0 Å². The van der Waals surface area contributed by atoms with Crippen LogP contribution in [0.25, 0.3) is 0 Å². The summed E-state index contributed by atoms with van der Waals surface area (Å²) < 4.78 is 6.06. The number of nitrogen functional groups attached to an aromatic ring is 1. The first-order valence-corrected chi connectivity index (χ1v) is 5.90. The van der Waals surface area contributed by atoms with E-state index in [9.17, 15) is 4.79 Å². The Morgan fingerprint density at radius 3 is 3.00 bits per heavy atom. The molecule has 4 nitrogen and oxygen atoms in total. The van der Waals surface area contributed by atoms with Crippen molar-refractivity contribution in [3.05, 3.63) is 28.2 Å². The number of ether oxygens (including phenoxy) is 1. The Morgan fingerprint density at radius 1 is 1.56 bits per heavy atom. The van der Waals surface area contributed by atoms with Gasteiger partial charge in [-0.15, -0.1) is 0 Å². The van der Waals surface area contributed by atoms with E-state index in [1.807, 2.05) is 0 Å². The van der Waals surface area contributed by atoms with E-state index in [1.165, 1.54) is 0 Å². The number of anilines is 1. The number of benzene rings is 1. The fourth-order valence-corrected chi connectivity index (χ4v) is 2.03. The van der Waals surface area contributed by atoms with Crippen LogP contribution in [0.4, 0.5) is 5.69 Å². The second-order valence-electron chi connectivity index (χ2n) is 3.77. The van der Waals surface area contributed by atoms with Gasteiger partial charge in [0.1, 0.15) is 0 Å². The average molecular weight is 285 g/mol. The van der Waals surface area contributed by atoms with Crippen LogP contribution in [0.5, 0.6) is 0 Å². The van der Waals surface area contributed by atoms with Crippen molar-refractivity contribution in [3.8, 4) is 0 Å².